The van der Waals surface area contributed by atoms with E-state index in [4.69, 9.17) is 9.47 Å². The number of aromatic hydroxyl groups is 2. The Hall–Kier alpha value is -2.55. The first-order chi connectivity index (χ1) is 13.7. The fourth-order valence-corrected chi connectivity index (χ4v) is 3.87. The van der Waals surface area contributed by atoms with Crippen LogP contribution in [0.25, 0.3) is 10.8 Å². The molecule has 0 saturated carbocycles. The minimum atomic E-state index is -0.915. The zero-order valence-corrected chi connectivity index (χ0v) is 16.3. The molecule has 0 bridgehead atoms. The number of esters is 1. The molecule has 0 radical (unpaired) electrons. The molecule has 29 heavy (non-hydrogen) atoms. The van der Waals surface area contributed by atoms with Gasteiger partial charge < -0.3 is 35.0 Å². The van der Waals surface area contributed by atoms with Crippen molar-refractivity contribution in [3.63, 3.8) is 0 Å². The molecule has 0 saturated heterocycles. The van der Waals surface area contributed by atoms with Gasteiger partial charge >= 0.3 is 5.97 Å². The average Bonchev–Trinajstić information content (AvgIpc) is 2.59. The topological polar surface area (TPSA) is 137 Å². The van der Waals surface area contributed by atoms with Crippen molar-refractivity contribution in [2.75, 3.05) is 7.11 Å². The quantitative estimate of drug-likeness (QED) is 0.438. The van der Waals surface area contributed by atoms with Crippen LogP contribution in [-0.4, -0.2) is 63.0 Å². The Kier molecular flexibility index (Phi) is 6.16. The Morgan fingerprint density at radius 1 is 1.14 bits per heavy atom. The molecule has 0 amide bonds. The molecule has 1 heterocycles. The van der Waals surface area contributed by atoms with Gasteiger partial charge in [-0.05, 0) is 42.8 Å². The zero-order valence-electron chi connectivity index (χ0n) is 16.3. The number of aliphatic hydroxyl groups is 3. The lowest BCUT2D eigenvalue weighted by Crippen LogP contribution is -2.32. The predicted molar refractivity (Wildman–Crippen MR) is 104 cm³/mol. The van der Waals surface area contributed by atoms with Crippen molar-refractivity contribution >= 4 is 16.7 Å². The number of carbonyl (C=O) groups is 1. The number of methoxy groups -OCH3 is 1. The first-order valence-electron chi connectivity index (χ1n) is 9.50. The van der Waals surface area contributed by atoms with Crippen molar-refractivity contribution in [1.82, 2.24) is 0 Å². The molecule has 0 spiro atoms. The molecule has 5 N–H and O–H groups in total. The summed E-state index contributed by atoms with van der Waals surface area (Å²) in [5.74, 6) is -0.888. The maximum absolute atomic E-state index is 12.5. The summed E-state index contributed by atoms with van der Waals surface area (Å²) < 4.78 is 10.5. The SMILES string of the molecule is COc1cc(O)c2c(O)c3c(cc2c1)C[C@@H](CC(O)CC(O)CC(C)O)OC3=O. The van der Waals surface area contributed by atoms with Crippen LogP contribution in [-0.2, 0) is 11.2 Å². The number of carbonyl (C=O) groups excluding carboxylic acids is 1. The first kappa shape index (κ1) is 21.2. The van der Waals surface area contributed by atoms with Crippen molar-refractivity contribution in [3.05, 3.63) is 29.3 Å². The molecule has 1 aliphatic heterocycles. The highest BCUT2D eigenvalue weighted by molar-refractivity contribution is 6.05. The Balaban J connectivity index is 1.83. The van der Waals surface area contributed by atoms with E-state index in [1.54, 1.807) is 19.1 Å². The van der Waals surface area contributed by atoms with Crippen LogP contribution in [0.15, 0.2) is 18.2 Å². The summed E-state index contributed by atoms with van der Waals surface area (Å²) in [6.07, 6.45) is -2.49. The summed E-state index contributed by atoms with van der Waals surface area (Å²) >= 11 is 0. The van der Waals surface area contributed by atoms with Gasteiger partial charge in [0.25, 0.3) is 0 Å². The zero-order chi connectivity index (χ0) is 21.3. The molecule has 8 nitrogen and oxygen atoms in total. The Labute approximate surface area is 167 Å². The molecule has 0 aromatic heterocycles. The van der Waals surface area contributed by atoms with Crippen molar-refractivity contribution < 1.29 is 39.8 Å². The third-order valence-corrected chi connectivity index (χ3v) is 5.10. The number of aliphatic hydroxyl groups excluding tert-OH is 3. The molecular formula is C21H26O8. The number of rotatable bonds is 7. The Bertz CT molecular complexity index is 907. The van der Waals surface area contributed by atoms with Crippen LogP contribution in [0.1, 0.15) is 42.1 Å². The van der Waals surface area contributed by atoms with E-state index in [0.29, 0.717) is 16.7 Å². The van der Waals surface area contributed by atoms with Crippen LogP contribution in [0, 0.1) is 0 Å². The van der Waals surface area contributed by atoms with E-state index in [9.17, 15) is 30.3 Å². The fraction of sp³-hybridized carbons (Fsp3) is 0.476. The van der Waals surface area contributed by atoms with E-state index < -0.39 is 30.4 Å². The monoisotopic (exact) mass is 406 g/mol. The number of cyclic esters (lactones) is 1. The highest BCUT2D eigenvalue weighted by Gasteiger charge is 2.32. The molecule has 2 aromatic rings. The lowest BCUT2D eigenvalue weighted by molar-refractivity contribution is -0.00292. The van der Waals surface area contributed by atoms with Gasteiger partial charge in [-0.1, -0.05) is 0 Å². The maximum atomic E-state index is 12.5. The molecular weight excluding hydrogens is 380 g/mol. The molecule has 8 heteroatoms. The van der Waals surface area contributed by atoms with Gasteiger partial charge in [-0.15, -0.1) is 0 Å². The van der Waals surface area contributed by atoms with E-state index >= 15 is 0 Å². The van der Waals surface area contributed by atoms with Gasteiger partial charge in [-0.25, -0.2) is 4.79 Å². The van der Waals surface area contributed by atoms with Crippen LogP contribution in [0.4, 0.5) is 0 Å². The summed E-state index contributed by atoms with van der Waals surface area (Å²) in [5, 5.41) is 50.8. The highest BCUT2D eigenvalue weighted by Crippen LogP contribution is 2.42. The van der Waals surface area contributed by atoms with E-state index in [0.717, 1.165) is 0 Å². The van der Waals surface area contributed by atoms with Gasteiger partial charge in [0.05, 0.1) is 30.8 Å². The first-order valence-corrected chi connectivity index (χ1v) is 9.50. The van der Waals surface area contributed by atoms with Crippen LogP contribution in [0.3, 0.4) is 0 Å². The summed E-state index contributed by atoms with van der Waals surface area (Å²) in [5.41, 5.74) is 0.540. The molecule has 0 aliphatic carbocycles. The van der Waals surface area contributed by atoms with Crippen LogP contribution < -0.4 is 4.74 Å². The number of fused-ring (bicyclic) bond motifs is 2. The third-order valence-electron chi connectivity index (χ3n) is 5.10. The number of phenols is 2. The largest absolute Gasteiger partial charge is 0.507 e. The van der Waals surface area contributed by atoms with Crippen molar-refractivity contribution in [1.29, 1.82) is 0 Å². The third kappa shape index (κ3) is 4.55. The number of hydrogen-bond acceptors (Lipinski definition) is 8. The minimum absolute atomic E-state index is 0.00199. The van der Waals surface area contributed by atoms with Gasteiger partial charge in [-0.2, -0.15) is 0 Å². The molecule has 2 aromatic carbocycles. The summed E-state index contributed by atoms with van der Waals surface area (Å²) in [6, 6.07) is 4.68. The van der Waals surface area contributed by atoms with Crippen molar-refractivity contribution in [3.8, 4) is 17.2 Å². The summed E-state index contributed by atoms with van der Waals surface area (Å²) in [4.78, 5) is 12.5. The van der Waals surface area contributed by atoms with E-state index in [-0.39, 0.29) is 48.1 Å². The lowest BCUT2D eigenvalue weighted by atomic mass is 9.90. The summed E-state index contributed by atoms with van der Waals surface area (Å²) in [6.45, 7) is 1.55. The minimum Gasteiger partial charge on any atom is -0.507 e. The molecule has 158 valence electrons. The van der Waals surface area contributed by atoms with Crippen LogP contribution in [0.5, 0.6) is 17.2 Å². The molecule has 3 unspecified atom stereocenters. The van der Waals surface area contributed by atoms with Gasteiger partial charge in [0.2, 0.25) is 0 Å². The Morgan fingerprint density at radius 2 is 1.86 bits per heavy atom. The smallest absolute Gasteiger partial charge is 0.342 e. The number of hydrogen-bond donors (Lipinski definition) is 5. The molecule has 4 atom stereocenters. The van der Waals surface area contributed by atoms with E-state index in [1.807, 2.05) is 0 Å². The normalized spacial score (nSPS) is 19.3. The second-order valence-electron chi connectivity index (χ2n) is 7.60. The second kappa shape index (κ2) is 8.44. The fourth-order valence-electron chi connectivity index (χ4n) is 3.87. The maximum Gasteiger partial charge on any atom is 0.342 e. The lowest BCUT2D eigenvalue weighted by Gasteiger charge is -2.28. The number of benzene rings is 2. The van der Waals surface area contributed by atoms with Crippen molar-refractivity contribution in [2.45, 2.75) is 57.0 Å². The van der Waals surface area contributed by atoms with Gasteiger partial charge in [-0.3, -0.25) is 0 Å². The molecule has 3 rings (SSSR count). The summed E-state index contributed by atoms with van der Waals surface area (Å²) in [7, 11) is 1.46. The molecule has 1 aliphatic rings. The highest BCUT2D eigenvalue weighted by atomic mass is 16.5. The predicted octanol–water partition coefficient (Wildman–Crippen LogP) is 1.61. The van der Waals surface area contributed by atoms with E-state index in [2.05, 4.69) is 0 Å². The number of phenolic OH excluding ortho intramolecular Hbond substituents is 2. The van der Waals surface area contributed by atoms with E-state index in [1.165, 1.54) is 13.2 Å². The van der Waals surface area contributed by atoms with Crippen molar-refractivity contribution in [2.24, 2.45) is 0 Å². The number of ether oxygens (including phenoxy) is 2. The van der Waals surface area contributed by atoms with Gasteiger partial charge in [0, 0.05) is 18.9 Å². The average molecular weight is 406 g/mol. The Morgan fingerprint density at radius 3 is 2.52 bits per heavy atom. The van der Waals surface area contributed by atoms with Crippen LogP contribution in [0.2, 0.25) is 0 Å². The van der Waals surface area contributed by atoms with Gasteiger partial charge in [0.15, 0.2) is 0 Å². The standard InChI is InChI=1S/C21H26O8/c1-10(22)3-13(23)7-14(24)8-16-6-12-4-11-5-15(28-2)9-17(25)18(11)20(26)19(12)21(27)29-16/h4-5,9-10,13-14,16,22-26H,3,6-8H2,1-2H3/t10?,13?,14?,16-/m0/s1. The van der Waals surface area contributed by atoms with Crippen LogP contribution >= 0.6 is 0 Å². The molecule has 0 fully saturated rings. The van der Waals surface area contributed by atoms with Gasteiger partial charge in [0.1, 0.15) is 28.9 Å². The second-order valence-corrected chi connectivity index (χ2v) is 7.60.